The number of carbonyl (C=O) groups excluding carboxylic acids is 1. The lowest BCUT2D eigenvalue weighted by molar-refractivity contribution is -0.140. The van der Waals surface area contributed by atoms with Gasteiger partial charge in [-0.1, -0.05) is 25.3 Å². The van der Waals surface area contributed by atoms with Crippen molar-refractivity contribution < 1.29 is 14.3 Å². The third kappa shape index (κ3) is 4.19. The Morgan fingerprint density at radius 3 is 2.71 bits per heavy atom. The molecule has 4 rings (SSSR count). The second kappa shape index (κ2) is 8.91. The minimum absolute atomic E-state index is 0.192. The number of carbonyl (C=O) groups is 1. The number of methoxy groups -OCH3 is 2. The molecule has 1 aliphatic carbocycles. The number of aromatic amines is 1. The van der Waals surface area contributed by atoms with Gasteiger partial charge in [0, 0.05) is 6.42 Å². The number of nitrogens with one attached hydrogen (secondary N) is 1. The summed E-state index contributed by atoms with van der Waals surface area (Å²) < 4.78 is 12.1. The molecule has 1 fully saturated rings. The van der Waals surface area contributed by atoms with Crippen molar-refractivity contribution in [1.29, 1.82) is 0 Å². The fourth-order valence-corrected chi connectivity index (χ4v) is 4.34. The lowest BCUT2D eigenvalue weighted by atomic mass is 9.95. The summed E-state index contributed by atoms with van der Waals surface area (Å²) in [4.78, 5) is 32.2. The minimum Gasteiger partial charge on any atom is -0.496 e. The number of H-pyrrole nitrogens is 1. The lowest BCUT2D eigenvalue weighted by Gasteiger charge is -2.22. The molecule has 1 aliphatic rings. The third-order valence-corrected chi connectivity index (χ3v) is 6.01. The highest BCUT2D eigenvalue weighted by molar-refractivity contribution is 5.79. The molecule has 3 aromatic rings. The fraction of sp³-hybridized carbons (Fsp3) is 0.478. The van der Waals surface area contributed by atoms with Gasteiger partial charge in [0.05, 0.1) is 31.5 Å². The molecular weight excluding hydrogens is 396 g/mol. The van der Waals surface area contributed by atoms with Crippen LogP contribution in [0.4, 0.5) is 0 Å². The molecule has 2 heterocycles. The van der Waals surface area contributed by atoms with Crippen molar-refractivity contribution in [2.75, 3.05) is 14.2 Å². The Bertz CT molecular complexity index is 1160. The molecule has 0 saturated heterocycles. The molecule has 1 saturated carbocycles. The van der Waals surface area contributed by atoms with E-state index in [2.05, 4.69) is 10.1 Å². The van der Waals surface area contributed by atoms with E-state index in [9.17, 15) is 9.59 Å². The maximum atomic E-state index is 13.1. The number of hydrogen-bond acceptors (Lipinski definition) is 6. The van der Waals surface area contributed by atoms with Gasteiger partial charge in [-0.05, 0) is 43.9 Å². The summed E-state index contributed by atoms with van der Waals surface area (Å²) in [6.45, 7) is 1.89. The third-order valence-electron chi connectivity index (χ3n) is 6.01. The van der Waals surface area contributed by atoms with E-state index >= 15 is 0 Å². The highest BCUT2D eigenvalue weighted by atomic mass is 16.5. The molecular formula is C23H28N4O4. The van der Waals surface area contributed by atoms with Crippen LogP contribution in [0.5, 0.6) is 5.75 Å². The minimum atomic E-state index is -0.259. The predicted molar refractivity (Wildman–Crippen MR) is 117 cm³/mol. The Balaban J connectivity index is 1.72. The van der Waals surface area contributed by atoms with Crippen molar-refractivity contribution in [3.05, 3.63) is 39.8 Å². The number of nitrogens with zero attached hydrogens (tertiary/aromatic N) is 3. The first-order chi connectivity index (χ1) is 15.0. The summed E-state index contributed by atoms with van der Waals surface area (Å²) in [5.41, 5.74) is 3.36. The van der Waals surface area contributed by atoms with Crippen molar-refractivity contribution in [3.63, 3.8) is 0 Å². The summed E-state index contributed by atoms with van der Waals surface area (Å²) in [5.74, 6) is 0.771. The molecule has 0 aliphatic heterocycles. The van der Waals surface area contributed by atoms with E-state index in [-0.39, 0.29) is 17.6 Å². The summed E-state index contributed by atoms with van der Waals surface area (Å²) in [7, 11) is 2.95. The first-order valence-corrected chi connectivity index (χ1v) is 10.7. The predicted octanol–water partition coefficient (Wildman–Crippen LogP) is 3.71. The largest absolute Gasteiger partial charge is 0.496 e. The Kier molecular flexibility index (Phi) is 6.06. The van der Waals surface area contributed by atoms with Gasteiger partial charge in [0.25, 0.3) is 5.56 Å². The van der Waals surface area contributed by atoms with E-state index in [1.165, 1.54) is 13.5 Å². The van der Waals surface area contributed by atoms with Gasteiger partial charge in [-0.3, -0.25) is 14.3 Å². The van der Waals surface area contributed by atoms with Gasteiger partial charge in [-0.2, -0.15) is 5.10 Å². The van der Waals surface area contributed by atoms with Crippen molar-refractivity contribution in [3.8, 4) is 17.1 Å². The van der Waals surface area contributed by atoms with Crippen LogP contribution in [0.2, 0.25) is 0 Å². The van der Waals surface area contributed by atoms with Crippen LogP contribution < -0.4 is 10.3 Å². The number of hydrogen-bond donors (Lipinski definition) is 1. The van der Waals surface area contributed by atoms with Gasteiger partial charge in [0.15, 0.2) is 5.52 Å². The van der Waals surface area contributed by atoms with Crippen LogP contribution in [0, 0.1) is 6.92 Å². The summed E-state index contributed by atoms with van der Waals surface area (Å²) in [5, 5.41) is 4.67. The average molecular weight is 425 g/mol. The maximum Gasteiger partial charge on any atom is 0.305 e. The van der Waals surface area contributed by atoms with Gasteiger partial charge < -0.3 is 14.5 Å². The molecule has 0 spiro atoms. The number of fused-ring (bicyclic) bond motifs is 1. The SMILES string of the molecule is COC(=O)CCc1ccc(-c2nc3c(C)nn(C4CCCCC4)c3c(=O)[nH]2)c(OC)c1. The quantitative estimate of drug-likeness (QED) is 0.606. The standard InChI is InChI=1S/C23H28N4O4/c1-14-20-21(27(26-14)16-7-5-4-6-8-16)23(29)25-22(24-20)17-11-9-15(13-18(17)30-2)10-12-19(28)31-3/h9,11,13,16H,4-8,10,12H2,1-3H3,(H,24,25,29). The van der Waals surface area contributed by atoms with E-state index in [1.807, 2.05) is 29.8 Å². The number of aryl methyl sites for hydroxylation is 2. The fourth-order valence-electron chi connectivity index (χ4n) is 4.34. The van der Waals surface area contributed by atoms with Crippen LogP contribution in [-0.2, 0) is 16.0 Å². The van der Waals surface area contributed by atoms with E-state index in [4.69, 9.17) is 14.5 Å². The Hall–Kier alpha value is -3.16. The van der Waals surface area contributed by atoms with Gasteiger partial charge >= 0.3 is 5.97 Å². The van der Waals surface area contributed by atoms with Crippen LogP contribution in [0.1, 0.15) is 55.8 Å². The average Bonchev–Trinajstić information content (AvgIpc) is 3.14. The second-order valence-corrected chi connectivity index (χ2v) is 8.04. The monoisotopic (exact) mass is 424 g/mol. The second-order valence-electron chi connectivity index (χ2n) is 8.04. The van der Waals surface area contributed by atoms with Crippen molar-refractivity contribution in [2.24, 2.45) is 0 Å². The van der Waals surface area contributed by atoms with Crippen LogP contribution in [-0.4, -0.2) is 39.9 Å². The summed E-state index contributed by atoms with van der Waals surface area (Å²) in [6.07, 6.45) is 6.47. The molecule has 164 valence electrons. The number of esters is 1. The first kappa shape index (κ1) is 21.1. The van der Waals surface area contributed by atoms with Crippen LogP contribution in [0.15, 0.2) is 23.0 Å². The first-order valence-electron chi connectivity index (χ1n) is 10.7. The molecule has 0 atom stereocenters. The zero-order valence-electron chi connectivity index (χ0n) is 18.2. The number of benzene rings is 1. The highest BCUT2D eigenvalue weighted by Crippen LogP contribution is 2.32. The van der Waals surface area contributed by atoms with Crippen LogP contribution in [0.25, 0.3) is 22.4 Å². The van der Waals surface area contributed by atoms with Crippen molar-refractivity contribution >= 4 is 17.0 Å². The number of rotatable bonds is 6. The molecule has 1 N–H and O–H groups in total. The zero-order chi connectivity index (χ0) is 22.0. The van der Waals surface area contributed by atoms with E-state index in [0.29, 0.717) is 41.0 Å². The van der Waals surface area contributed by atoms with Gasteiger partial charge in [0.1, 0.15) is 17.1 Å². The summed E-state index contributed by atoms with van der Waals surface area (Å²) >= 11 is 0. The van der Waals surface area contributed by atoms with E-state index in [0.717, 1.165) is 36.9 Å². The smallest absolute Gasteiger partial charge is 0.305 e. The Morgan fingerprint density at radius 2 is 2.00 bits per heavy atom. The molecule has 8 nitrogen and oxygen atoms in total. The van der Waals surface area contributed by atoms with Crippen molar-refractivity contribution in [1.82, 2.24) is 19.7 Å². The Morgan fingerprint density at radius 1 is 1.23 bits per heavy atom. The Labute approximate surface area is 180 Å². The molecule has 2 aromatic heterocycles. The van der Waals surface area contributed by atoms with E-state index in [1.54, 1.807) is 7.11 Å². The molecule has 31 heavy (non-hydrogen) atoms. The number of ether oxygens (including phenoxy) is 2. The van der Waals surface area contributed by atoms with E-state index < -0.39 is 0 Å². The van der Waals surface area contributed by atoms with Crippen molar-refractivity contribution in [2.45, 2.75) is 57.9 Å². The maximum absolute atomic E-state index is 13.1. The summed E-state index contributed by atoms with van der Waals surface area (Å²) in [6, 6.07) is 5.88. The normalized spacial score (nSPS) is 14.7. The topological polar surface area (TPSA) is 99.1 Å². The van der Waals surface area contributed by atoms with Crippen LogP contribution >= 0.6 is 0 Å². The molecule has 0 unspecified atom stereocenters. The number of aromatic nitrogens is 4. The molecule has 0 amide bonds. The zero-order valence-corrected chi connectivity index (χ0v) is 18.2. The van der Waals surface area contributed by atoms with Gasteiger partial charge in [-0.15, -0.1) is 0 Å². The highest BCUT2D eigenvalue weighted by Gasteiger charge is 2.23. The van der Waals surface area contributed by atoms with Crippen LogP contribution in [0.3, 0.4) is 0 Å². The van der Waals surface area contributed by atoms with Gasteiger partial charge in [0.2, 0.25) is 0 Å². The molecule has 1 aromatic carbocycles. The van der Waals surface area contributed by atoms with Gasteiger partial charge in [-0.25, -0.2) is 4.98 Å². The molecule has 0 radical (unpaired) electrons. The molecule has 8 heteroatoms. The molecule has 0 bridgehead atoms. The lowest BCUT2D eigenvalue weighted by Crippen LogP contribution is -2.19.